The molecule has 1 saturated heterocycles. The van der Waals surface area contributed by atoms with E-state index in [4.69, 9.17) is 15.1 Å². The smallest absolute Gasteiger partial charge is 0.154 e. The summed E-state index contributed by atoms with van der Waals surface area (Å²) in [7, 11) is 1.78. The number of rotatable bonds is 11. The highest BCUT2D eigenvalue weighted by atomic mass is 16.5. The third-order valence-electron chi connectivity index (χ3n) is 6.29. The lowest BCUT2D eigenvalue weighted by Crippen LogP contribution is -2.61. The van der Waals surface area contributed by atoms with E-state index in [1.54, 1.807) is 19.5 Å². The van der Waals surface area contributed by atoms with E-state index >= 15 is 0 Å². The standard InChI is InChI=1S/C26H34N8O/c1-18(2)19-11-25(33-30-15-19)32-24-7-6-22-23(31-24)10-20(14-29-22)21(12-27)13-28-8-5-9-34-16-26(3,17-34)35-4/h6-7,10-15,18,27-28H,5,8-9,16-17H2,1-4H3,(H,31,32,33)/b21-13+,27-12?. The Morgan fingerprint density at radius 1 is 1.20 bits per heavy atom. The summed E-state index contributed by atoms with van der Waals surface area (Å²) < 4.78 is 5.49. The van der Waals surface area contributed by atoms with Crippen LogP contribution in [0.3, 0.4) is 0 Å². The van der Waals surface area contributed by atoms with Gasteiger partial charge in [-0.05, 0) is 49.1 Å². The second-order valence-electron chi connectivity index (χ2n) is 9.53. The number of anilines is 2. The Bertz CT molecular complexity index is 1200. The van der Waals surface area contributed by atoms with Crippen LogP contribution in [0.4, 0.5) is 11.6 Å². The van der Waals surface area contributed by atoms with Gasteiger partial charge >= 0.3 is 0 Å². The minimum atomic E-state index is 0.0126. The van der Waals surface area contributed by atoms with Gasteiger partial charge in [0.2, 0.25) is 0 Å². The maximum absolute atomic E-state index is 7.87. The van der Waals surface area contributed by atoms with Gasteiger partial charge in [-0.15, -0.1) is 5.10 Å². The van der Waals surface area contributed by atoms with Crippen LogP contribution in [0.15, 0.2) is 42.9 Å². The van der Waals surface area contributed by atoms with Crippen molar-refractivity contribution in [1.82, 2.24) is 30.4 Å². The van der Waals surface area contributed by atoms with E-state index in [1.165, 1.54) is 6.21 Å². The zero-order chi connectivity index (χ0) is 24.8. The van der Waals surface area contributed by atoms with Gasteiger partial charge in [-0.2, -0.15) is 5.10 Å². The molecule has 4 heterocycles. The first-order chi connectivity index (χ1) is 16.9. The number of hydrogen-bond donors (Lipinski definition) is 3. The fraction of sp³-hybridized carbons (Fsp3) is 0.423. The van der Waals surface area contributed by atoms with E-state index in [0.717, 1.165) is 60.3 Å². The molecule has 0 aliphatic carbocycles. The van der Waals surface area contributed by atoms with E-state index < -0.39 is 0 Å². The molecule has 1 aliphatic rings. The van der Waals surface area contributed by atoms with Crippen molar-refractivity contribution in [2.75, 3.05) is 38.6 Å². The van der Waals surface area contributed by atoms with Gasteiger partial charge in [-0.3, -0.25) is 9.88 Å². The fourth-order valence-corrected chi connectivity index (χ4v) is 4.11. The average Bonchev–Trinajstić information content (AvgIpc) is 2.84. The molecule has 0 atom stereocenters. The van der Waals surface area contributed by atoms with Crippen LogP contribution in [0.25, 0.3) is 16.6 Å². The lowest BCUT2D eigenvalue weighted by Gasteiger charge is -2.47. The van der Waals surface area contributed by atoms with Crippen molar-refractivity contribution in [2.45, 2.75) is 38.7 Å². The van der Waals surface area contributed by atoms with Crippen LogP contribution in [0.1, 0.15) is 44.2 Å². The largest absolute Gasteiger partial charge is 0.390 e. The zero-order valence-electron chi connectivity index (χ0n) is 20.9. The number of ether oxygens (including phenoxy) is 1. The average molecular weight is 475 g/mol. The van der Waals surface area contributed by atoms with Crippen LogP contribution in [0, 0.1) is 5.41 Å². The highest BCUT2D eigenvalue weighted by molar-refractivity contribution is 6.08. The van der Waals surface area contributed by atoms with Crippen molar-refractivity contribution >= 4 is 34.5 Å². The first kappa shape index (κ1) is 24.7. The Morgan fingerprint density at radius 3 is 2.77 bits per heavy atom. The summed E-state index contributed by atoms with van der Waals surface area (Å²) >= 11 is 0. The number of pyridine rings is 2. The summed E-state index contributed by atoms with van der Waals surface area (Å²) in [6, 6.07) is 7.73. The number of aromatic nitrogens is 4. The molecule has 3 aromatic heterocycles. The molecular formula is C26H34N8O. The quantitative estimate of drug-likeness (QED) is 0.283. The Balaban J connectivity index is 1.38. The highest BCUT2D eigenvalue weighted by Gasteiger charge is 2.37. The molecule has 4 rings (SSSR count). The molecule has 3 N–H and O–H groups in total. The normalized spacial score (nSPS) is 15.7. The first-order valence-corrected chi connectivity index (χ1v) is 12.0. The molecule has 9 heteroatoms. The molecule has 0 radical (unpaired) electrons. The van der Waals surface area contributed by atoms with E-state index in [1.807, 2.05) is 30.5 Å². The molecule has 3 aromatic rings. The summed E-state index contributed by atoms with van der Waals surface area (Å²) in [5, 5.41) is 22.7. The second-order valence-corrected chi connectivity index (χ2v) is 9.53. The maximum Gasteiger partial charge on any atom is 0.154 e. The summed E-state index contributed by atoms with van der Waals surface area (Å²) in [6.45, 7) is 10.2. The van der Waals surface area contributed by atoms with Gasteiger partial charge in [-0.25, -0.2) is 4.98 Å². The zero-order valence-corrected chi connectivity index (χ0v) is 20.9. The number of likely N-dealkylation sites (tertiary alicyclic amines) is 1. The van der Waals surface area contributed by atoms with E-state index in [2.05, 4.69) is 51.5 Å². The summed E-state index contributed by atoms with van der Waals surface area (Å²) in [5.74, 6) is 1.69. The molecule has 0 bridgehead atoms. The number of hydrogen-bond acceptors (Lipinski definition) is 9. The number of allylic oxidation sites excluding steroid dienone is 1. The highest BCUT2D eigenvalue weighted by Crippen LogP contribution is 2.24. The summed E-state index contributed by atoms with van der Waals surface area (Å²) in [6.07, 6.45) is 7.79. The third kappa shape index (κ3) is 6.17. The van der Waals surface area contributed by atoms with Gasteiger partial charge < -0.3 is 20.8 Å². The lowest BCUT2D eigenvalue weighted by molar-refractivity contribution is -0.110. The van der Waals surface area contributed by atoms with Crippen LogP contribution in [-0.2, 0) is 4.74 Å². The molecule has 0 unspecified atom stereocenters. The van der Waals surface area contributed by atoms with Crippen molar-refractivity contribution in [3.8, 4) is 0 Å². The third-order valence-corrected chi connectivity index (χ3v) is 6.29. The molecule has 0 aromatic carbocycles. The fourth-order valence-electron chi connectivity index (χ4n) is 4.11. The summed E-state index contributed by atoms with van der Waals surface area (Å²) in [5.41, 5.74) is 4.25. The van der Waals surface area contributed by atoms with Crippen molar-refractivity contribution < 1.29 is 4.74 Å². The lowest BCUT2D eigenvalue weighted by atomic mass is 9.96. The van der Waals surface area contributed by atoms with Crippen molar-refractivity contribution in [3.05, 3.63) is 54.0 Å². The van der Waals surface area contributed by atoms with Gasteiger partial charge in [0, 0.05) is 63.0 Å². The molecule has 0 spiro atoms. The minimum absolute atomic E-state index is 0.0126. The number of nitrogens with one attached hydrogen (secondary N) is 3. The molecule has 9 nitrogen and oxygen atoms in total. The van der Waals surface area contributed by atoms with Gasteiger partial charge in [0.05, 0.1) is 22.8 Å². The topological polar surface area (TPSA) is 112 Å². The van der Waals surface area contributed by atoms with Gasteiger partial charge in [0.1, 0.15) is 5.82 Å². The van der Waals surface area contributed by atoms with Crippen LogP contribution < -0.4 is 10.6 Å². The van der Waals surface area contributed by atoms with Crippen LogP contribution >= 0.6 is 0 Å². The molecule has 0 amide bonds. The molecular weight excluding hydrogens is 440 g/mol. The van der Waals surface area contributed by atoms with Crippen LogP contribution in [0.2, 0.25) is 0 Å². The summed E-state index contributed by atoms with van der Waals surface area (Å²) in [4.78, 5) is 11.6. The number of methoxy groups -OCH3 is 1. The Kier molecular flexibility index (Phi) is 7.67. The number of nitrogens with zero attached hydrogens (tertiary/aromatic N) is 5. The van der Waals surface area contributed by atoms with E-state index in [9.17, 15) is 0 Å². The molecule has 0 saturated carbocycles. The molecule has 1 fully saturated rings. The van der Waals surface area contributed by atoms with E-state index in [-0.39, 0.29) is 5.60 Å². The Morgan fingerprint density at radius 2 is 2.03 bits per heavy atom. The van der Waals surface area contributed by atoms with Crippen molar-refractivity contribution in [3.63, 3.8) is 0 Å². The van der Waals surface area contributed by atoms with Crippen molar-refractivity contribution in [2.24, 2.45) is 0 Å². The van der Waals surface area contributed by atoms with Crippen molar-refractivity contribution in [1.29, 1.82) is 5.41 Å². The van der Waals surface area contributed by atoms with Gasteiger partial charge in [0.25, 0.3) is 0 Å². The monoisotopic (exact) mass is 474 g/mol. The van der Waals surface area contributed by atoms with Gasteiger partial charge in [-0.1, -0.05) is 13.8 Å². The molecule has 184 valence electrons. The van der Waals surface area contributed by atoms with Crippen LogP contribution in [-0.4, -0.2) is 70.2 Å². The predicted octanol–water partition coefficient (Wildman–Crippen LogP) is 3.98. The maximum atomic E-state index is 7.87. The predicted molar refractivity (Wildman–Crippen MR) is 140 cm³/mol. The van der Waals surface area contributed by atoms with Gasteiger partial charge in [0.15, 0.2) is 5.82 Å². The van der Waals surface area contributed by atoms with E-state index in [0.29, 0.717) is 17.6 Å². The number of fused-ring (bicyclic) bond motifs is 1. The molecule has 35 heavy (non-hydrogen) atoms. The Hall–Kier alpha value is -3.43. The minimum Gasteiger partial charge on any atom is -0.390 e. The molecule has 1 aliphatic heterocycles. The Labute approximate surface area is 206 Å². The first-order valence-electron chi connectivity index (χ1n) is 12.0. The second kappa shape index (κ2) is 10.9. The SMILES string of the molecule is COC1(C)CN(CCCN/C=C(\C=N)c2cnc3ccc(Nc4cc(C(C)C)cnn4)nc3c2)C1. The van der Waals surface area contributed by atoms with Crippen LogP contribution in [0.5, 0.6) is 0 Å².